The average Bonchev–Trinajstić information content (AvgIpc) is 2.50. The van der Waals surface area contributed by atoms with Gasteiger partial charge in [-0.3, -0.25) is 9.59 Å². The number of hydrogen-bond acceptors (Lipinski definition) is 3. The summed E-state index contributed by atoms with van der Waals surface area (Å²) >= 11 is 13.3. The average molecular weight is 357 g/mol. The zero-order chi connectivity index (χ0) is 16.1. The van der Waals surface area contributed by atoms with Gasteiger partial charge in [0.05, 0.1) is 16.5 Å². The highest BCUT2D eigenvalue weighted by Crippen LogP contribution is 2.29. The normalized spacial score (nSPS) is 10.5. The molecule has 0 spiro atoms. The molecule has 22 heavy (non-hydrogen) atoms. The fraction of sp³-hybridized carbons (Fsp3) is 0.200. The van der Waals surface area contributed by atoms with Gasteiger partial charge in [-0.1, -0.05) is 23.2 Å². The first-order valence-electron chi connectivity index (χ1n) is 6.58. The van der Waals surface area contributed by atoms with Gasteiger partial charge in [-0.2, -0.15) is 0 Å². The van der Waals surface area contributed by atoms with Gasteiger partial charge in [0, 0.05) is 28.7 Å². The van der Waals surface area contributed by atoms with E-state index in [0.717, 1.165) is 4.90 Å². The lowest BCUT2D eigenvalue weighted by molar-refractivity contribution is -0.113. The Morgan fingerprint density at radius 1 is 1.27 bits per heavy atom. The van der Waals surface area contributed by atoms with E-state index in [2.05, 4.69) is 5.32 Å². The van der Waals surface area contributed by atoms with E-state index in [-0.39, 0.29) is 17.2 Å². The van der Waals surface area contributed by atoms with Gasteiger partial charge < -0.3 is 9.88 Å². The molecule has 0 fully saturated rings. The van der Waals surface area contributed by atoms with E-state index < -0.39 is 0 Å². The molecular weight excluding hydrogens is 343 g/mol. The standard InChI is InChI=1S/C15H14Cl2N2O2S/c1-2-19-8-11(4-6-15(19)21)18-14(20)9-22-13-7-10(16)3-5-12(13)17/h3-8H,2,9H2,1H3,(H,18,20). The molecule has 0 radical (unpaired) electrons. The van der Waals surface area contributed by atoms with Crippen LogP contribution in [-0.2, 0) is 11.3 Å². The monoisotopic (exact) mass is 356 g/mol. The molecule has 0 unspecified atom stereocenters. The quantitative estimate of drug-likeness (QED) is 0.826. The Labute approximate surface area is 142 Å². The van der Waals surface area contributed by atoms with Gasteiger partial charge in [-0.05, 0) is 31.2 Å². The zero-order valence-corrected chi connectivity index (χ0v) is 14.1. The number of benzene rings is 1. The topological polar surface area (TPSA) is 51.1 Å². The summed E-state index contributed by atoms with van der Waals surface area (Å²) in [5.74, 6) is 0.0213. The molecule has 4 nitrogen and oxygen atoms in total. The molecular formula is C15H14Cl2N2O2S. The summed E-state index contributed by atoms with van der Waals surface area (Å²) in [6.07, 6.45) is 1.62. The Kier molecular flexibility index (Phi) is 5.94. The van der Waals surface area contributed by atoms with Crippen LogP contribution < -0.4 is 10.9 Å². The van der Waals surface area contributed by atoms with Gasteiger partial charge in [0.1, 0.15) is 0 Å². The van der Waals surface area contributed by atoms with Gasteiger partial charge >= 0.3 is 0 Å². The van der Waals surface area contributed by atoms with E-state index in [0.29, 0.717) is 22.3 Å². The molecule has 0 atom stereocenters. The van der Waals surface area contributed by atoms with Crippen molar-refractivity contribution in [3.05, 3.63) is 56.9 Å². The second-order valence-electron chi connectivity index (χ2n) is 4.45. The number of carbonyl (C=O) groups is 1. The molecule has 0 aliphatic heterocycles. The third-order valence-electron chi connectivity index (χ3n) is 2.86. The number of halogens is 2. The highest BCUT2D eigenvalue weighted by Gasteiger charge is 2.08. The minimum atomic E-state index is -0.178. The van der Waals surface area contributed by atoms with E-state index in [9.17, 15) is 9.59 Å². The third kappa shape index (κ3) is 4.53. The molecule has 2 rings (SSSR count). The van der Waals surface area contributed by atoms with Crippen LogP contribution in [0.2, 0.25) is 10.0 Å². The van der Waals surface area contributed by atoms with Gasteiger partial charge in [0.15, 0.2) is 0 Å². The van der Waals surface area contributed by atoms with E-state index >= 15 is 0 Å². The van der Waals surface area contributed by atoms with Gasteiger partial charge in [0.2, 0.25) is 5.91 Å². The van der Waals surface area contributed by atoms with Crippen molar-refractivity contribution in [3.63, 3.8) is 0 Å². The van der Waals surface area contributed by atoms with Crippen molar-refractivity contribution in [2.75, 3.05) is 11.1 Å². The Balaban J connectivity index is 1.98. The maximum Gasteiger partial charge on any atom is 0.250 e. The first kappa shape index (κ1) is 16.9. The lowest BCUT2D eigenvalue weighted by Crippen LogP contribution is -2.20. The van der Waals surface area contributed by atoms with Crippen molar-refractivity contribution in [2.45, 2.75) is 18.4 Å². The second-order valence-corrected chi connectivity index (χ2v) is 6.31. The van der Waals surface area contributed by atoms with Crippen molar-refractivity contribution in [1.82, 2.24) is 4.57 Å². The van der Waals surface area contributed by atoms with Gasteiger partial charge in [-0.15, -0.1) is 11.8 Å². The van der Waals surface area contributed by atoms with Gasteiger partial charge in [0.25, 0.3) is 5.56 Å². The van der Waals surface area contributed by atoms with Crippen molar-refractivity contribution < 1.29 is 4.79 Å². The summed E-state index contributed by atoms with van der Waals surface area (Å²) in [5.41, 5.74) is 0.491. The zero-order valence-electron chi connectivity index (χ0n) is 11.8. The molecule has 2 aromatic rings. The number of pyridine rings is 1. The molecule has 1 aromatic heterocycles. The molecule has 1 heterocycles. The fourth-order valence-electron chi connectivity index (χ4n) is 1.78. The van der Waals surface area contributed by atoms with Crippen LogP contribution in [0.5, 0.6) is 0 Å². The first-order chi connectivity index (χ1) is 10.5. The van der Waals surface area contributed by atoms with Crippen molar-refractivity contribution in [2.24, 2.45) is 0 Å². The highest BCUT2D eigenvalue weighted by atomic mass is 35.5. The smallest absolute Gasteiger partial charge is 0.250 e. The molecule has 1 amide bonds. The van der Waals surface area contributed by atoms with E-state index in [1.807, 2.05) is 6.92 Å². The van der Waals surface area contributed by atoms with Crippen molar-refractivity contribution >= 4 is 46.6 Å². The summed E-state index contributed by atoms with van der Waals surface area (Å²) in [5, 5.41) is 3.88. The number of aryl methyl sites for hydroxylation is 1. The molecule has 1 aromatic carbocycles. The van der Waals surface area contributed by atoms with Crippen LogP contribution in [0.1, 0.15) is 6.92 Å². The lowest BCUT2D eigenvalue weighted by Gasteiger charge is -2.08. The minimum absolute atomic E-state index is 0.0967. The molecule has 0 aliphatic rings. The summed E-state index contributed by atoms with van der Waals surface area (Å²) in [6.45, 7) is 2.42. The van der Waals surface area contributed by atoms with Crippen LogP contribution in [0.3, 0.4) is 0 Å². The Morgan fingerprint density at radius 3 is 2.77 bits per heavy atom. The first-order valence-corrected chi connectivity index (χ1v) is 8.32. The summed E-state index contributed by atoms with van der Waals surface area (Å²) in [4.78, 5) is 24.2. The lowest BCUT2D eigenvalue weighted by atomic mass is 10.4. The van der Waals surface area contributed by atoms with E-state index in [4.69, 9.17) is 23.2 Å². The van der Waals surface area contributed by atoms with Gasteiger partial charge in [-0.25, -0.2) is 0 Å². The summed E-state index contributed by atoms with van der Waals surface area (Å²) < 4.78 is 1.52. The van der Waals surface area contributed by atoms with Crippen molar-refractivity contribution in [3.8, 4) is 0 Å². The van der Waals surface area contributed by atoms with Crippen LogP contribution in [0.15, 0.2) is 46.2 Å². The van der Waals surface area contributed by atoms with Crippen LogP contribution in [0, 0.1) is 0 Å². The molecule has 0 saturated carbocycles. The second kappa shape index (κ2) is 7.72. The van der Waals surface area contributed by atoms with E-state index in [1.165, 1.54) is 22.4 Å². The molecule has 7 heteroatoms. The number of aromatic nitrogens is 1. The fourth-order valence-corrected chi connectivity index (χ4v) is 3.07. The number of thioether (sulfide) groups is 1. The number of nitrogens with one attached hydrogen (secondary N) is 1. The SMILES string of the molecule is CCn1cc(NC(=O)CSc2cc(Cl)ccc2Cl)ccc1=O. The molecule has 1 N–H and O–H groups in total. The largest absolute Gasteiger partial charge is 0.324 e. The van der Waals surface area contributed by atoms with Crippen LogP contribution >= 0.6 is 35.0 Å². The molecule has 116 valence electrons. The molecule has 0 saturated heterocycles. The van der Waals surface area contributed by atoms with Crippen LogP contribution in [-0.4, -0.2) is 16.2 Å². The maximum atomic E-state index is 12.0. The Hall–Kier alpha value is -1.43. The molecule has 0 aliphatic carbocycles. The Bertz CT molecular complexity index is 747. The minimum Gasteiger partial charge on any atom is -0.324 e. The maximum absolute atomic E-state index is 12.0. The summed E-state index contributed by atoms with van der Waals surface area (Å²) in [7, 11) is 0. The number of amides is 1. The van der Waals surface area contributed by atoms with Crippen LogP contribution in [0.25, 0.3) is 0 Å². The van der Waals surface area contributed by atoms with E-state index in [1.54, 1.807) is 30.5 Å². The number of rotatable bonds is 5. The Morgan fingerprint density at radius 2 is 2.05 bits per heavy atom. The summed E-state index contributed by atoms with van der Waals surface area (Å²) in [6, 6.07) is 8.13. The third-order valence-corrected chi connectivity index (χ3v) is 4.59. The highest BCUT2D eigenvalue weighted by molar-refractivity contribution is 8.00. The predicted octanol–water partition coefficient (Wildman–Crippen LogP) is 3.91. The number of carbonyl (C=O) groups excluding carboxylic acids is 1. The number of anilines is 1. The predicted molar refractivity (Wildman–Crippen MR) is 92.2 cm³/mol. The number of hydrogen-bond donors (Lipinski definition) is 1. The molecule has 0 bridgehead atoms. The van der Waals surface area contributed by atoms with Crippen molar-refractivity contribution in [1.29, 1.82) is 0 Å². The van der Waals surface area contributed by atoms with Crippen LogP contribution in [0.4, 0.5) is 5.69 Å². The number of nitrogens with zero attached hydrogens (tertiary/aromatic N) is 1.